The van der Waals surface area contributed by atoms with Crippen molar-refractivity contribution >= 4 is 17.5 Å². The average molecular weight is 368 g/mol. The third kappa shape index (κ3) is 5.87. The molecule has 2 amide bonds. The molecule has 2 rings (SSSR count). The number of halogens is 4. The van der Waals surface area contributed by atoms with Crippen LogP contribution < -0.4 is 10.6 Å². The Morgan fingerprint density at radius 3 is 2.42 bits per heavy atom. The molecule has 0 aliphatic heterocycles. The third-order valence-electron chi connectivity index (χ3n) is 3.50. The number of hydrogen-bond acceptors (Lipinski definition) is 2. The van der Waals surface area contributed by atoms with Crippen molar-refractivity contribution in [2.75, 3.05) is 5.32 Å². The van der Waals surface area contributed by atoms with Crippen LogP contribution in [0.3, 0.4) is 0 Å². The van der Waals surface area contributed by atoms with E-state index < -0.39 is 12.1 Å². The lowest BCUT2D eigenvalue weighted by atomic mass is 10.1. The molecule has 0 atom stereocenters. The summed E-state index contributed by atoms with van der Waals surface area (Å²) in [5, 5.41) is 4.35. The zero-order valence-electron chi connectivity index (χ0n) is 13.6. The van der Waals surface area contributed by atoms with Crippen LogP contribution in [-0.4, -0.2) is 18.0 Å². The van der Waals surface area contributed by atoms with Crippen molar-refractivity contribution in [3.05, 3.63) is 65.5 Å². The maximum absolute atomic E-state index is 13.5. The molecule has 8 heteroatoms. The first kappa shape index (κ1) is 19.4. The SMILES string of the molecule is O=C(CCc1ccccc1F)Nc1cccc(CNC(=O)C(F)(F)F)c1. The van der Waals surface area contributed by atoms with Crippen LogP contribution in [0.2, 0.25) is 0 Å². The summed E-state index contributed by atoms with van der Waals surface area (Å²) < 4.78 is 50.0. The Hall–Kier alpha value is -2.90. The molecule has 0 bridgehead atoms. The summed E-state index contributed by atoms with van der Waals surface area (Å²) in [5.41, 5.74) is 1.20. The fourth-order valence-electron chi connectivity index (χ4n) is 2.21. The van der Waals surface area contributed by atoms with Gasteiger partial charge in [0.2, 0.25) is 5.91 Å². The Kier molecular flexibility index (Phi) is 6.32. The van der Waals surface area contributed by atoms with Crippen LogP contribution in [0.25, 0.3) is 0 Å². The largest absolute Gasteiger partial charge is 0.471 e. The fourth-order valence-corrected chi connectivity index (χ4v) is 2.21. The van der Waals surface area contributed by atoms with E-state index in [1.807, 2.05) is 0 Å². The quantitative estimate of drug-likeness (QED) is 0.766. The lowest BCUT2D eigenvalue weighted by Crippen LogP contribution is -2.36. The van der Waals surface area contributed by atoms with Crippen molar-refractivity contribution in [1.82, 2.24) is 5.32 Å². The van der Waals surface area contributed by atoms with Gasteiger partial charge in [0.05, 0.1) is 0 Å². The molecule has 2 aromatic carbocycles. The molecular formula is C18H16F4N2O2. The zero-order valence-corrected chi connectivity index (χ0v) is 13.6. The zero-order chi connectivity index (χ0) is 19.2. The minimum atomic E-state index is -4.95. The Morgan fingerprint density at radius 2 is 1.73 bits per heavy atom. The van der Waals surface area contributed by atoms with Crippen LogP contribution in [0.1, 0.15) is 17.5 Å². The smallest absolute Gasteiger partial charge is 0.344 e. The highest BCUT2D eigenvalue weighted by atomic mass is 19.4. The highest BCUT2D eigenvalue weighted by Crippen LogP contribution is 2.16. The number of aryl methyl sites for hydroxylation is 1. The number of rotatable bonds is 6. The number of carbonyl (C=O) groups is 2. The van der Waals surface area contributed by atoms with Gasteiger partial charge in [0.25, 0.3) is 0 Å². The van der Waals surface area contributed by atoms with Gasteiger partial charge in [-0.15, -0.1) is 0 Å². The minimum Gasteiger partial charge on any atom is -0.344 e. The van der Waals surface area contributed by atoms with Crippen LogP contribution in [0.4, 0.5) is 23.2 Å². The molecule has 0 radical (unpaired) electrons. The van der Waals surface area contributed by atoms with Gasteiger partial charge in [-0.1, -0.05) is 30.3 Å². The molecule has 0 unspecified atom stereocenters. The second-order valence-corrected chi connectivity index (χ2v) is 5.52. The minimum absolute atomic E-state index is 0.0516. The summed E-state index contributed by atoms with van der Waals surface area (Å²) in [6.45, 7) is -0.322. The molecule has 0 saturated carbocycles. The Morgan fingerprint density at radius 1 is 1.00 bits per heavy atom. The number of carbonyl (C=O) groups excluding carboxylic acids is 2. The monoisotopic (exact) mass is 368 g/mol. The summed E-state index contributed by atoms with van der Waals surface area (Å²) in [7, 11) is 0. The number of nitrogens with one attached hydrogen (secondary N) is 2. The van der Waals surface area contributed by atoms with Gasteiger partial charge in [-0.25, -0.2) is 4.39 Å². The molecule has 2 aromatic rings. The van der Waals surface area contributed by atoms with Gasteiger partial charge in [0, 0.05) is 18.7 Å². The molecule has 0 fully saturated rings. The second-order valence-electron chi connectivity index (χ2n) is 5.52. The average Bonchev–Trinajstić information content (AvgIpc) is 2.58. The lowest BCUT2D eigenvalue weighted by Gasteiger charge is -2.10. The number of benzene rings is 2. The lowest BCUT2D eigenvalue weighted by molar-refractivity contribution is -0.173. The van der Waals surface area contributed by atoms with E-state index in [1.165, 1.54) is 18.2 Å². The van der Waals surface area contributed by atoms with E-state index in [0.717, 1.165) is 0 Å². The van der Waals surface area contributed by atoms with E-state index in [9.17, 15) is 27.2 Å². The summed E-state index contributed by atoms with van der Waals surface area (Å²) in [4.78, 5) is 22.8. The number of hydrogen-bond donors (Lipinski definition) is 2. The molecule has 2 N–H and O–H groups in total. The van der Waals surface area contributed by atoms with Crippen LogP contribution in [0, 0.1) is 5.82 Å². The van der Waals surface area contributed by atoms with E-state index in [4.69, 9.17) is 0 Å². The molecule has 0 aliphatic rings. The molecule has 138 valence electrons. The van der Waals surface area contributed by atoms with Crippen LogP contribution in [0.5, 0.6) is 0 Å². The highest BCUT2D eigenvalue weighted by Gasteiger charge is 2.38. The topological polar surface area (TPSA) is 58.2 Å². The Bertz CT molecular complexity index is 791. The molecule has 0 aromatic heterocycles. The number of alkyl halides is 3. The van der Waals surface area contributed by atoms with Gasteiger partial charge in [0.15, 0.2) is 0 Å². The summed E-state index contributed by atoms with van der Waals surface area (Å²) >= 11 is 0. The van der Waals surface area contributed by atoms with Crippen LogP contribution >= 0.6 is 0 Å². The molecule has 4 nitrogen and oxygen atoms in total. The van der Waals surface area contributed by atoms with Crippen molar-refractivity contribution in [3.8, 4) is 0 Å². The third-order valence-corrected chi connectivity index (χ3v) is 3.50. The van der Waals surface area contributed by atoms with Gasteiger partial charge >= 0.3 is 12.1 Å². The van der Waals surface area contributed by atoms with Crippen LogP contribution in [-0.2, 0) is 22.6 Å². The van der Waals surface area contributed by atoms with Crippen molar-refractivity contribution in [2.24, 2.45) is 0 Å². The Balaban J connectivity index is 1.88. The maximum Gasteiger partial charge on any atom is 0.471 e. The molecular weight excluding hydrogens is 352 g/mol. The molecule has 26 heavy (non-hydrogen) atoms. The van der Waals surface area contributed by atoms with E-state index in [2.05, 4.69) is 5.32 Å². The van der Waals surface area contributed by atoms with Gasteiger partial charge in [-0.2, -0.15) is 13.2 Å². The first-order valence-corrected chi connectivity index (χ1v) is 7.73. The van der Waals surface area contributed by atoms with Gasteiger partial charge in [-0.05, 0) is 35.7 Å². The van der Waals surface area contributed by atoms with Crippen LogP contribution in [0.15, 0.2) is 48.5 Å². The van der Waals surface area contributed by atoms with Crippen molar-refractivity contribution < 1.29 is 27.2 Å². The standard InChI is InChI=1S/C18H16F4N2O2/c19-15-7-2-1-5-13(15)8-9-16(25)24-14-6-3-4-12(10-14)11-23-17(26)18(20,21)22/h1-7,10H,8-9,11H2,(H,23,26)(H,24,25). The molecule has 0 aliphatic carbocycles. The normalized spacial score (nSPS) is 11.1. The number of amides is 2. The molecule has 0 heterocycles. The van der Waals surface area contributed by atoms with E-state index >= 15 is 0 Å². The second kappa shape index (κ2) is 8.46. The predicted molar refractivity (Wildman–Crippen MR) is 87.7 cm³/mol. The van der Waals surface area contributed by atoms with E-state index in [1.54, 1.807) is 35.6 Å². The summed E-state index contributed by atoms with van der Waals surface area (Å²) in [5.74, 6) is -2.77. The van der Waals surface area contributed by atoms with Crippen molar-refractivity contribution in [3.63, 3.8) is 0 Å². The van der Waals surface area contributed by atoms with Crippen molar-refractivity contribution in [2.45, 2.75) is 25.6 Å². The van der Waals surface area contributed by atoms with E-state index in [0.29, 0.717) is 16.8 Å². The van der Waals surface area contributed by atoms with Gasteiger partial charge in [-0.3, -0.25) is 9.59 Å². The maximum atomic E-state index is 13.5. The number of anilines is 1. The predicted octanol–water partition coefficient (Wildman–Crippen LogP) is 3.58. The van der Waals surface area contributed by atoms with E-state index in [-0.39, 0.29) is 31.1 Å². The fraction of sp³-hybridized carbons (Fsp3) is 0.222. The van der Waals surface area contributed by atoms with Crippen molar-refractivity contribution in [1.29, 1.82) is 0 Å². The molecule has 0 saturated heterocycles. The molecule has 0 spiro atoms. The highest BCUT2D eigenvalue weighted by molar-refractivity contribution is 5.90. The Labute approximate surface area is 147 Å². The van der Waals surface area contributed by atoms with Gasteiger partial charge < -0.3 is 10.6 Å². The van der Waals surface area contributed by atoms with Gasteiger partial charge in [0.1, 0.15) is 5.82 Å². The first-order chi connectivity index (χ1) is 12.3. The summed E-state index contributed by atoms with van der Waals surface area (Å²) in [6.07, 6.45) is -4.67. The summed E-state index contributed by atoms with van der Waals surface area (Å²) in [6, 6.07) is 12.2. The first-order valence-electron chi connectivity index (χ1n) is 7.73.